The van der Waals surface area contributed by atoms with E-state index >= 15 is 0 Å². The minimum atomic E-state index is -0.530. The average Bonchev–Trinajstić information content (AvgIpc) is 2.22. The number of para-hydroxylation sites is 1. The van der Waals surface area contributed by atoms with E-state index in [-0.39, 0.29) is 23.9 Å². The molecule has 0 aliphatic rings. The number of rotatable bonds is 3. The lowest BCUT2D eigenvalue weighted by Gasteiger charge is -2.08. The predicted molar refractivity (Wildman–Crippen MR) is 53.8 cm³/mol. The molecule has 0 saturated carbocycles. The second-order valence-electron chi connectivity index (χ2n) is 2.74. The van der Waals surface area contributed by atoms with Crippen molar-refractivity contribution in [2.24, 2.45) is 0 Å². The Balaban J connectivity index is 2.64. The number of urea groups is 1. The maximum Gasteiger partial charge on any atom is 0.321 e. The largest absolute Gasteiger partial charge is 0.504 e. The van der Waals surface area contributed by atoms with Crippen molar-refractivity contribution in [2.75, 3.05) is 19.2 Å². The SMILES string of the molecule is COCNC(=O)Nc1cccc(O)c1O. The van der Waals surface area contributed by atoms with E-state index in [2.05, 4.69) is 15.4 Å². The first-order chi connectivity index (χ1) is 7.15. The first kappa shape index (κ1) is 11.1. The Morgan fingerprint density at radius 3 is 2.87 bits per heavy atom. The zero-order valence-corrected chi connectivity index (χ0v) is 8.15. The van der Waals surface area contributed by atoms with Gasteiger partial charge in [0.25, 0.3) is 0 Å². The van der Waals surface area contributed by atoms with E-state index < -0.39 is 6.03 Å². The molecule has 1 aromatic carbocycles. The van der Waals surface area contributed by atoms with E-state index in [0.29, 0.717) is 0 Å². The smallest absolute Gasteiger partial charge is 0.321 e. The molecule has 0 aromatic heterocycles. The third kappa shape index (κ3) is 3.03. The number of hydrogen-bond acceptors (Lipinski definition) is 4. The number of anilines is 1. The Morgan fingerprint density at radius 2 is 2.20 bits per heavy atom. The van der Waals surface area contributed by atoms with Gasteiger partial charge in [-0.15, -0.1) is 0 Å². The molecule has 1 aromatic rings. The van der Waals surface area contributed by atoms with Crippen LogP contribution in [0.3, 0.4) is 0 Å². The molecule has 0 fully saturated rings. The fraction of sp³-hybridized carbons (Fsp3) is 0.222. The van der Waals surface area contributed by atoms with Crippen molar-refractivity contribution in [1.29, 1.82) is 0 Å². The zero-order valence-electron chi connectivity index (χ0n) is 8.15. The standard InChI is InChI=1S/C9H12N2O4/c1-15-5-10-9(14)11-6-3-2-4-7(12)8(6)13/h2-4,12-13H,5H2,1H3,(H2,10,11,14). The highest BCUT2D eigenvalue weighted by Crippen LogP contribution is 2.32. The van der Waals surface area contributed by atoms with Crippen molar-refractivity contribution in [1.82, 2.24) is 5.32 Å². The van der Waals surface area contributed by atoms with Crippen molar-refractivity contribution in [3.05, 3.63) is 18.2 Å². The third-order valence-electron chi connectivity index (χ3n) is 1.64. The summed E-state index contributed by atoms with van der Waals surface area (Å²) in [4.78, 5) is 11.1. The Labute approximate surface area is 86.5 Å². The number of amides is 2. The van der Waals surface area contributed by atoms with E-state index in [0.717, 1.165) is 0 Å². The minimum Gasteiger partial charge on any atom is -0.504 e. The maximum absolute atomic E-state index is 11.1. The molecule has 2 amide bonds. The average molecular weight is 212 g/mol. The van der Waals surface area contributed by atoms with Crippen LogP contribution in [0.2, 0.25) is 0 Å². The van der Waals surface area contributed by atoms with E-state index in [1.807, 2.05) is 0 Å². The number of hydrogen-bond donors (Lipinski definition) is 4. The normalized spacial score (nSPS) is 9.67. The molecule has 0 heterocycles. The van der Waals surface area contributed by atoms with Gasteiger partial charge in [-0.05, 0) is 12.1 Å². The minimum absolute atomic E-state index is 0.0609. The number of nitrogens with one attached hydrogen (secondary N) is 2. The van der Waals surface area contributed by atoms with Gasteiger partial charge in [-0.25, -0.2) is 4.79 Å². The number of aromatic hydroxyl groups is 2. The summed E-state index contributed by atoms with van der Waals surface area (Å²) in [6, 6.07) is 3.74. The fourth-order valence-corrected chi connectivity index (χ4v) is 0.936. The Kier molecular flexibility index (Phi) is 3.75. The number of phenols is 2. The number of methoxy groups -OCH3 is 1. The quantitative estimate of drug-likeness (QED) is 0.441. The molecule has 0 radical (unpaired) electrons. The van der Waals surface area contributed by atoms with E-state index in [9.17, 15) is 9.90 Å². The zero-order chi connectivity index (χ0) is 11.3. The van der Waals surface area contributed by atoms with Crippen LogP contribution in [0.1, 0.15) is 0 Å². The Hall–Kier alpha value is -1.95. The number of phenolic OH excluding ortho intramolecular Hbond substituents is 2. The molecule has 82 valence electrons. The van der Waals surface area contributed by atoms with Gasteiger partial charge in [0.05, 0.1) is 5.69 Å². The van der Waals surface area contributed by atoms with Crippen LogP contribution in [0.5, 0.6) is 11.5 Å². The van der Waals surface area contributed by atoms with Crippen LogP contribution in [0.15, 0.2) is 18.2 Å². The highest BCUT2D eigenvalue weighted by Gasteiger charge is 2.08. The first-order valence-corrected chi connectivity index (χ1v) is 4.20. The summed E-state index contributed by atoms with van der Waals surface area (Å²) in [6.07, 6.45) is 0. The molecular formula is C9H12N2O4. The van der Waals surface area contributed by atoms with Crippen LogP contribution in [0, 0.1) is 0 Å². The summed E-state index contributed by atoms with van der Waals surface area (Å²) >= 11 is 0. The van der Waals surface area contributed by atoms with Crippen molar-refractivity contribution in [2.45, 2.75) is 0 Å². The van der Waals surface area contributed by atoms with Crippen LogP contribution in [0.4, 0.5) is 10.5 Å². The summed E-state index contributed by atoms with van der Waals surface area (Å²) in [5.41, 5.74) is 0.128. The molecule has 0 bridgehead atoms. The molecule has 6 nitrogen and oxygen atoms in total. The van der Waals surface area contributed by atoms with Crippen molar-refractivity contribution in [3.63, 3.8) is 0 Å². The number of carbonyl (C=O) groups is 1. The predicted octanol–water partition coefficient (Wildman–Crippen LogP) is 0.823. The molecule has 15 heavy (non-hydrogen) atoms. The van der Waals surface area contributed by atoms with Gasteiger partial charge in [0.1, 0.15) is 6.73 Å². The summed E-state index contributed by atoms with van der Waals surface area (Å²) in [7, 11) is 1.44. The topological polar surface area (TPSA) is 90.8 Å². The number of ether oxygens (including phenoxy) is 1. The lowest BCUT2D eigenvalue weighted by atomic mass is 10.3. The van der Waals surface area contributed by atoms with Crippen LogP contribution >= 0.6 is 0 Å². The van der Waals surface area contributed by atoms with Gasteiger partial charge in [0, 0.05) is 7.11 Å². The van der Waals surface area contributed by atoms with Crippen molar-refractivity contribution in [3.8, 4) is 11.5 Å². The molecule has 4 N–H and O–H groups in total. The van der Waals surface area contributed by atoms with Gasteiger partial charge in [0.2, 0.25) is 0 Å². The van der Waals surface area contributed by atoms with E-state index in [1.165, 1.54) is 25.3 Å². The molecular weight excluding hydrogens is 200 g/mol. The number of carbonyl (C=O) groups excluding carboxylic acids is 1. The highest BCUT2D eigenvalue weighted by molar-refractivity contribution is 5.91. The Morgan fingerprint density at radius 1 is 1.47 bits per heavy atom. The number of benzene rings is 1. The molecule has 0 spiro atoms. The molecule has 1 rings (SSSR count). The van der Waals surface area contributed by atoms with Crippen LogP contribution < -0.4 is 10.6 Å². The maximum atomic E-state index is 11.1. The molecule has 6 heteroatoms. The van der Waals surface area contributed by atoms with Gasteiger partial charge < -0.3 is 25.6 Å². The highest BCUT2D eigenvalue weighted by atomic mass is 16.5. The van der Waals surface area contributed by atoms with Crippen LogP contribution in [-0.2, 0) is 4.74 Å². The third-order valence-corrected chi connectivity index (χ3v) is 1.64. The molecule has 0 saturated heterocycles. The van der Waals surface area contributed by atoms with Gasteiger partial charge in [-0.3, -0.25) is 0 Å². The van der Waals surface area contributed by atoms with Crippen molar-refractivity contribution < 1.29 is 19.7 Å². The molecule has 0 atom stereocenters. The second-order valence-corrected chi connectivity index (χ2v) is 2.74. The van der Waals surface area contributed by atoms with Gasteiger partial charge in [0.15, 0.2) is 11.5 Å². The molecule has 0 unspecified atom stereocenters. The summed E-state index contributed by atoms with van der Waals surface area (Å²) in [6.45, 7) is 0.0609. The Bertz CT molecular complexity index is 354. The van der Waals surface area contributed by atoms with Gasteiger partial charge >= 0.3 is 6.03 Å². The summed E-state index contributed by atoms with van der Waals surface area (Å²) in [5, 5.41) is 23.2. The van der Waals surface area contributed by atoms with Gasteiger partial charge in [-0.1, -0.05) is 6.07 Å². The fourth-order valence-electron chi connectivity index (χ4n) is 0.936. The van der Waals surface area contributed by atoms with Crippen molar-refractivity contribution >= 4 is 11.7 Å². The monoisotopic (exact) mass is 212 g/mol. The van der Waals surface area contributed by atoms with Crippen LogP contribution in [0.25, 0.3) is 0 Å². The van der Waals surface area contributed by atoms with Crippen LogP contribution in [-0.4, -0.2) is 30.1 Å². The molecule has 0 aliphatic carbocycles. The van der Waals surface area contributed by atoms with E-state index in [1.54, 1.807) is 0 Å². The first-order valence-electron chi connectivity index (χ1n) is 4.20. The summed E-state index contributed by atoms with van der Waals surface area (Å²) < 4.78 is 4.62. The second kappa shape index (κ2) is 5.06. The molecule has 0 aliphatic heterocycles. The lowest BCUT2D eigenvalue weighted by Crippen LogP contribution is -2.30. The van der Waals surface area contributed by atoms with E-state index in [4.69, 9.17) is 5.11 Å². The van der Waals surface area contributed by atoms with Gasteiger partial charge in [-0.2, -0.15) is 0 Å². The summed E-state index contributed by atoms with van der Waals surface area (Å²) in [5.74, 6) is -0.662. The lowest BCUT2D eigenvalue weighted by molar-refractivity contribution is 0.177.